The van der Waals surface area contributed by atoms with Crippen LogP contribution >= 0.6 is 0 Å². The third-order valence-electron chi connectivity index (χ3n) is 3.07. The van der Waals surface area contributed by atoms with Gasteiger partial charge in [0.1, 0.15) is 0 Å². The fraction of sp³-hybridized carbons (Fsp3) is 0.500. The standard InChI is InChI=1S/C14H18O3/c1-3-16-14(17-4-2)10-9-13(15)11-7-5-6-8-12(11)14/h5-8H,3-4,9-10H2,1-2H3. The van der Waals surface area contributed by atoms with E-state index in [2.05, 4.69) is 0 Å². The van der Waals surface area contributed by atoms with E-state index in [0.717, 1.165) is 11.1 Å². The first-order valence-electron chi connectivity index (χ1n) is 6.14. The van der Waals surface area contributed by atoms with Crippen LogP contribution in [0.25, 0.3) is 0 Å². The first kappa shape index (κ1) is 12.3. The molecule has 0 heterocycles. The molecule has 0 fully saturated rings. The second-order valence-corrected chi connectivity index (χ2v) is 4.09. The molecule has 0 saturated heterocycles. The van der Waals surface area contributed by atoms with Gasteiger partial charge in [-0.3, -0.25) is 4.79 Å². The van der Waals surface area contributed by atoms with Gasteiger partial charge in [-0.05, 0) is 13.8 Å². The van der Waals surface area contributed by atoms with Crippen molar-refractivity contribution in [2.45, 2.75) is 32.5 Å². The zero-order chi connectivity index (χ0) is 12.3. The number of carbonyl (C=O) groups is 1. The highest BCUT2D eigenvalue weighted by atomic mass is 16.7. The Morgan fingerprint density at radius 3 is 2.47 bits per heavy atom. The molecule has 0 N–H and O–H groups in total. The maximum Gasteiger partial charge on any atom is 0.195 e. The highest BCUT2D eigenvalue weighted by Crippen LogP contribution is 2.39. The molecule has 1 aliphatic carbocycles. The zero-order valence-corrected chi connectivity index (χ0v) is 10.4. The predicted molar refractivity (Wildman–Crippen MR) is 64.9 cm³/mol. The summed E-state index contributed by atoms with van der Waals surface area (Å²) in [7, 11) is 0. The zero-order valence-electron chi connectivity index (χ0n) is 10.4. The molecule has 3 heteroatoms. The lowest BCUT2D eigenvalue weighted by atomic mass is 9.85. The van der Waals surface area contributed by atoms with Crippen LogP contribution in [0.3, 0.4) is 0 Å². The first-order chi connectivity index (χ1) is 8.23. The molecule has 0 aliphatic heterocycles. The largest absolute Gasteiger partial charge is 0.346 e. The molecule has 0 saturated carbocycles. The number of hydrogen-bond acceptors (Lipinski definition) is 3. The van der Waals surface area contributed by atoms with Gasteiger partial charge >= 0.3 is 0 Å². The molecule has 1 aliphatic rings. The lowest BCUT2D eigenvalue weighted by Gasteiger charge is -2.37. The Labute approximate surface area is 102 Å². The molecule has 1 aromatic carbocycles. The minimum absolute atomic E-state index is 0.177. The molecule has 1 aromatic rings. The molecule has 17 heavy (non-hydrogen) atoms. The predicted octanol–water partition coefficient (Wildman–Crippen LogP) is 2.89. The SMILES string of the molecule is CCOC1(OCC)CCC(=O)c2ccccc21. The van der Waals surface area contributed by atoms with Gasteiger partial charge in [-0.2, -0.15) is 0 Å². The van der Waals surface area contributed by atoms with Crippen molar-refractivity contribution in [3.8, 4) is 0 Å². The summed E-state index contributed by atoms with van der Waals surface area (Å²) in [6.45, 7) is 5.03. The van der Waals surface area contributed by atoms with Crippen LogP contribution in [0.4, 0.5) is 0 Å². The molecule has 0 spiro atoms. The van der Waals surface area contributed by atoms with Crippen molar-refractivity contribution in [3.05, 3.63) is 35.4 Å². The lowest BCUT2D eigenvalue weighted by Crippen LogP contribution is -2.38. The first-order valence-corrected chi connectivity index (χ1v) is 6.14. The Hall–Kier alpha value is -1.19. The highest BCUT2D eigenvalue weighted by molar-refractivity contribution is 5.98. The van der Waals surface area contributed by atoms with Crippen molar-refractivity contribution in [1.29, 1.82) is 0 Å². The number of Topliss-reactive ketones (excluding diaryl/α,β-unsaturated/α-hetero) is 1. The number of fused-ring (bicyclic) bond motifs is 1. The van der Waals surface area contributed by atoms with E-state index >= 15 is 0 Å². The number of ketones is 1. The molecule has 2 rings (SSSR count). The van der Waals surface area contributed by atoms with E-state index in [0.29, 0.717) is 26.1 Å². The smallest absolute Gasteiger partial charge is 0.195 e. The summed E-state index contributed by atoms with van der Waals surface area (Å²) < 4.78 is 11.6. The van der Waals surface area contributed by atoms with Crippen molar-refractivity contribution >= 4 is 5.78 Å². The number of hydrogen-bond donors (Lipinski definition) is 0. The van der Waals surface area contributed by atoms with E-state index in [1.165, 1.54) is 0 Å². The molecule has 0 atom stereocenters. The van der Waals surface area contributed by atoms with Gasteiger partial charge in [0.2, 0.25) is 0 Å². The Morgan fingerprint density at radius 2 is 1.82 bits per heavy atom. The van der Waals surface area contributed by atoms with Crippen LogP contribution in [0, 0.1) is 0 Å². The Kier molecular flexibility index (Phi) is 3.60. The maximum atomic E-state index is 11.9. The van der Waals surface area contributed by atoms with Crippen molar-refractivity contribution in [2.24, 2.45) is 0 Å². The Balaban J connectivity index is 2.48. The molecule has 0 radical (unpaired) electrons. The Morgan fingerprint density at radius 1 is 1.18 bits per heavy atom. The summed E-state index contributed by atoms with van der Waals surface area (Å²) in [5, 5.41) is 0. The van der Waals surface area contributed by atoms with Crippen molar-refractivity contribution < 1.29 is 14.3 Å². The van der Waals surface area contributed by atoms with Crippen LogP contribution in [-0.4, -0.2) is 19.0 Å². The van der Waals surface area contributed by atoms with E-state index in [9.17, 15) is 4.79 Å². The highest BCUT2D eigenvalue weighted by Gasteiger charge is 2.40. The molecule has 0 unspecified atom stereocenters. The fourth-order valence-corrected chi connectivity index (χ4v) is 2.41. The van der Waals surface area contributed by atoms with Gasteiger partial charge in [0.15, 0.2) is 11.6 Å². The lowest BCUT2D eigenvalue weighted by molar-refractivity contribution is -0.247. The summed E-state index contributed by atoms with van der Waals surface area (Å²) in [4.78, 5) is 11.9. The quantitative estimate of drug-likeness (QED) is 0.751. The summed E-state index contributed by atoms with van der Waals surface area (Å²) in [5.74, 6) is -0.552. The Bertz CT molecular complexity index is 406. The van der Waals surface area contributed by atoms with E-state index in [1.807, 2.05) is 38.1 Å². The molecule has 0 aromatic heterocycles. The minimum atomic E-state index is -0.728. The third kappa shape index (κ3) is 2.13. The summed E-state index contributed by atoms with van der Waals surface area (Å²) in [6, 6.07) is 7.58. The van der Waals surface area contributed by atoms with E-state index < -0.39 is 5.79 Å². The van der Waals surface area contributed by atoms with Crippen LogP contribution in [0.1, 0.15) is 42.6 Å². The maximum absolute atomic E-state index is 11.9. The van der Waals surface area contributed by atoms with E-state index in [1.54, 1.807) is 0 Å². The summed E-state index contributed by atoms with van der Waals surface area (Å²) >= 11 is 0. The van der Waals surface area contributed by atoms with Crippen molar-refractivity contribution in [2.75, 3.05) is 13.2 Å². The molecule has 0 amide bonds. The topological polar surface area (TPSA) is 35.5 Å². The average Bonchev–Trinajstić information content (AvgIpc) is 2.35. The number of ether oxygens (including phenoxy) is 2. The van der Waals surface area contributed by atoms with Crippen LogP contribution < -0.4 is 0 Å². The summed E-state index contributed by atoms with van der Waals surface area (Å²) in [6.07, 6.45) is 1.08. The van der Waals surface area contributed by atoms with Gasteiger partial charge < -0.3 is 9.47 Å². The molecule has 92 valence electrons. The number of rotatable bonds is 4. The molecular formula is C14H18O3. The molecule has 0 bridgehead atoms. The van der Waals surface area contributed by atoms with E-state index in [-0.39, 0.29) is 5.78 Å². The monoisotopic (exact) mass is 234 g/mol. The summed E-state index contributed by atoms with van der Waals surface area (Å²) in [5.41, 5.74) is 1.61. The fourth-order valence-electron chi connectivity index (χ4n) is 2.41. The normalized spacial score (nSPS) is 17.9. The number of benzene rings is 1. The second-order valence-electron chi connectivity index (χ2n) is 4.09. The molecule has 3 nitrogen and oxygen atoms in total. The van der Waals surface area contributed by atoms with Gasteiger partial charge in [0.25, 0.3) is 0 Å². The van der Waals surface area contributed by atoms with Gasteiger partial charge in [-0.25, -0.2) is 0 Å². The van der Waals surface area contributed by atoms with E-state index in [4.69, 9.17) is 9.47 Å². The second kappa shape index (κ2) is 4.98. The van der Waals surface area contributed by atoms with Gasteiger partial charge in [-0.1, -0.05) is 24.3 Å². The van der Waals surface area contributed by atoms with Crippen LogP contribution in [-0.2, 0) is 15.3 Å². The third-order valence-corrected chi connectivity index (χ3v) is 3.07. The number of carbonyl (C=O) groups excluding carboxylic acids is 1. The van der Waals surface area contributed by atoms with Crippen LogP contribution in [0.15, 0.2) is 24.3 Å². The van der Waals surface area contributed by atoms with Gasteiger partial charge in [0.05, 0.1) is 0 Å². The van der Waals surface area contributed by atoms with Crippen molar-refractivity contribution in [3.63, 3.8) is 0 Å². The van der Waals surface area contributed by atoms with Crippen LogP contribution in [0.2, 0.25) is 0 Å². The molecular weight excluding hydrogens is 216 g/mol. The average molecular weight is 234 g/mol. The van der Waals surface area contributed by atoms with Crippen LogP contribution in [0.5, 0.6) is 0 Å². The van der Waals surface area contributed by atoms with Gasteiger partial charge in [-0.15, -0.1) is 0 Å². The van der Waals surface area contributed by atoms with Crippen molar-refractivity contribution in [1.82, 2.24) is 0 Å². The minimum Gasteiger partial charge on any atom is -0.346 e. The van der Waals surface area contributed by atoms with Gasteiger partial charge in [0, 0.05) is 37.2 Å².